The molecule has 12 heteroatoms. The first-order chi connectivity index (χ1) is 18.1. The Labute approximate surface area is 226 Å². The summed E-state index contributed by atoms with van der Waals surface area (Å²) in [6.45, 7) is 4.57. The SMILES string of the molecule is Cc1ccc(S(=O)(=O)NCCCN(CCCNS(=O)(=O)c2ccccc2[N+](=O)[O-])CC2CCCCC2)cc1. The number of sulfonamides is 2. The molecule has 1 aliphatic carbocycles. The fraction of sp³-hybridized carbons (Fsp3) is 0.538. The van der Waals surface area contributed by atoms with Crippen molar-refractivity contribution in [3.8, 4) is 0 Å². The highest BCUT2D eigenvalue weighted by Gasteiger charge is 2.25. The van der Waals surface area contributed by atoms with Crippen molar-refractivity contribution in [2.45, 2.75) is 61.7 Å². The highest BCUT2D eigenvalue weighted by molar-refractivity contribution is 7.89. The summed E-state index contributed by atoms with van der Waals surface area (Å²) in [5.74, 6) is 0.580. The van der Waals surface area contributed by atoms with Crippen LogP contribution in [0.3, 0.4) is 0 Å². The van der Waals surface area contributed by atoms with E-state index in [2.05, 4.69) is 14.3 Å². The van der Waals surface area contributed by atoms with Gasteiger partial charge in [-0.15, -0.1) is 0 Å². The maximum absolute atomic E-state index is 12.7. The van der Waals surface area contributed by atoms with Crippen molar-refractivity contribution < 1.29 is 21.8 Å². The van der Waals surface area contributed by atoms with E-state index < -0.39 is 30.7 Å². The molecule has 0 radical (unpaired) electrons. The molecule has 2 N–H and O–H groups in total. The Hall–Kier alpha value is -2.38. The number of nitrogens with one attached hydrogen (secondary N) is 2. The Morgan fingerprint density at radius 3 is 2.05 bits per heavy atom. The summed E-state index contributed by atoms with van der Waals surface area (Å²) in [7, 11) is -7.58. The second kappa shape index (κ2) is 14.1. The predicted octanol–water partition coefficient (Wildman–Crippen LogP) is 3.82. The second-order valence-corrected chi connectivity index (χ2v) is 13.3. The largest absolute Gasteiger partial charge is 0.303 e. The van der Waals surface area contributed by atoms with Crippen molar-refractivity contribution in [2.75, 3.05) is 32.7 Å². The van der Waals surface area contributed by atoms with Gasteiger partial charge in [0.25, 0.3) is 5.69 Å². The predicted molar refractivity (Wildman–Crippen MR) is 147 cm³/mol. The number of hydrogen-bond donors (Lipinski definition) is 2. The molecule has 2 aromatic rings. The van der Waals surface area contributed by atoms with Crippen molar-refractivity contribution in [1.29, 1.82) is 0 Å². The molecule has 1 fully saturated rings. The summed E-state index contributed by atoms with van der Waals surface area (Å²) >= 11 is 0. The first kappa shape index (κ1) is 30.2. The minimum atomic E-state index is -4.01. The van der Waals surface area contributed by atoms with Crippen LogP contribution in [0, 0.1) is 23.0 Å². The molecule has 0 spiro atoms. The van der Waals surface area contributed by atoms with Crippen LogP contribution in [-0.4, -0.2) is 59.4 Å². The molecule has 0 aliphatic heterocycles. The fourth-order valence-electron chi connectivity index (χ4n) is 4.76. The Morgan fingerprint density at radius 2 is 1.45 bits per heavy atom. The van der Waals surface area contributed by atoms with Gasteiger partial charge in [-0.2, -0.15) is 0 Å². The van der Waals surface area contributed by atoms with Gasteiger partial charge in [0.2, 0.25) is 20.0 Å². The molecule has 10 nitrogen and oxygen atoms in total. The van der Waals surface area contributed by atoms with Crippen LogP contribution < -0.4 is 9.44 Å². The van der Waals surface area contributed by atoms with Gasteiger partial charge < -0.3 is 4.90 Å². The molecule has 0 aromatic heterocycles. The van der Waals surface area contributed by atoms with Gasteiger partial charge in [-0.05, 0) is 69.8 Å². The average Bonchev–Trinajstić information content (AvgIpc) is 2.89. The van der Waals surface area contributed by atoms with Gasteiger partial charge in [0.15, 0.2) is 4.90 Å². The number of aryl methyl sites for hydroxylation is 1. The standard InChI is InChI=1S/C26H38N4O6S2/c1-22-13-15-24(16-14-22)37(33,34)27-17-7-19-29(21-23-9-3-2-4-10-23)20-8-18-28-38(35,36)26-12-6-5-11-25(26)30(31)32/h5-6,11-16,23,27-28H,2-4,7-10,17-21H2,1H3. The lowest BCUT2D eigenvalue weighted by Crippen LogP contribution is -2.36. The summed E-state index contributed by atoms with van der Waals surface area (Å²) < 4.78 is 55.6. The van der Waals surface area contributed by atoms with Crippen LogP contribution >= 0.6 is 0 Å². The van der Waals surface area contributed by atoms with E-state index in [4.69, 9.17) is 0 Å². The van der Waals surface area contributed by atoms with E-state index in [0.717, 1.165) is 12.1 Å². The van der Waals surface area contributed by atoms with Crippen LogP contribution in [0.4, 0.5) is 5.69 Å². The average molecular weight is 567 g/mol. The van der Waals surface area contributed by atoms with Gasteiger partial charge in [0, 0.05) is 25.7 Å². The van der Waals surface area contributed by atoms with Crippen LogP contribution in [0.5, 0.6) is 0 Å². The molecule has 0 heterocycles. The van der Waals surface area contributed by atoms with E-state index in [-0.39, 0.29) is 16.3 Å². The summed E-state index contributed by atoms with van der Waals surface area (Å²) in [4.78, 5) is 12.7. The third kappa shape index (κ3) is 9.12. The smallest absolute Gasteiger partial charge is 0.289 e. The van der Waals surface area contributed by atoms with Crippen LogP contribution in [0.1, 0.15) is 50.5 Å². The zero-order valence-corrected chi connectivity index (χ0v) is 23.5. The zero-order chi connectivity index (χ0) is 27.6. The molecule has 0 atom stereocenters. The number of hydrogen-bond acceptors (Lipinski definition) is 7. The van der Waals surface area contributed by atoms with Gasteiger partial charge in [-0.25, -0.2) is 26.3 Å². The lowest BCUT2D eigenvalue weighted by molar-refractivity contribution is -0.387. The highest BCUT2D eigenvalue weighted by atomic mass is 32.2. The van der Waals surface area contributed by atoms with Gasteiger partial charge in [0.1, 0.15) is 0 Å². The maximum Gasteiger partial charge on any atom is 0.289 e. The molecule has 1 aliphatic rings. The topological polar surface area (TPSA) is 139 Å². The minimum absolute atomic E-state index is 0.148. The number of benzene rings is 2. The number of rotatable bonds is 15. The van der Waals surface area contributed by atoms with E-state index in [0.29, 0.717) is 38.4 Å². The molecule has 0 bridgehead atoms. The Kier molecular flexibility index (Phi) is 11.2. The van der Waals surface area contributed by atoms with Crippen LogP contribution in [0.15, 0.2) is 58.3 Å². The third-order valence-electron chi connectivity index (χ3n) is 6.81. The van der Waals surface area contributed by atoms with Crippen molar-refractivity contribution in [3.05, 3.63) is 64.2 Å². The third-order valence-corrected chi connectivity index (χ3v) is 9.80. The maximum atomic E-state index is 12.7. The molecule has 0 amide bonds. The summed E-state index contributed by atoms with van der Waals surface area (Å²) in [6.07, 6.45) is 7.17. The van der Waals surface area contributed by atoms with E-state index in [1.54, 1.807) is 24.3 Å². The van der Waals surface area contributed by atoms with Crippen LogP contribution in [0.25, 0.3) is 0 Å². The number of nitro groups is 1. The van der Waals surface area contributed by atoms with Crippen molar-refractivity contribution >= 4 is 25.7 Å². The molecule has 0 saturated heterocycles. The van der Waals surface area contributed by atoms with E-state index in [1.165, 1.54) is 56.4 Å². The lowest BCUT2D eigenvalue weighted by atomic mass is 9.89. The molecule has 0 unspecified atom stereocenters. The molecule has 3 rings (SSSR count). The van der Waals surface area contributed by atoms with E-state index in [1.807, 2.05) is 6.92 Å². The van der Waals surface area contributed by atoms with Crippen LogP contribution in [0.2, 0.25) is 0 Å². The van der Waals surface area contributed by atoms with Crippen LogP contribution in [-0.2, 0) is 20.0 Å². The summed E-state index contributed by atoms with van der Waals surface area (Å²) in [6, 6.07) is 12.0. The lowest BCUT2D eigenvalue weighted by Gasteiger charge is -2.30. The first-order valence-corrected chi connectivity index (χ1v) is 16.1. The fourth-order valence-corrected chi connectivity index (χ4v) is 7.08. The zero-order valence-electron chi connectivity index (χ0n) is 21.8. The Morgan fingerprint density at radius 1 is 0.868 bits per heavy atom. The van der Waals surface area contributed by atoms with E-state index in [9.17, 15) is 26.9 Å². The molecule has 38 heavy (non-hydrogen) atoms. The molecular formula is C26H38N4O6S2. The minimum Gasteiger partial charge on any atom is -0.303 e. The Balaban J connectivity index is 1.52. The number of nitrogens with zero attached hydrogens (tertiary/aromatic N) is 2. The summed E-state index contributed by atoms with van der Waals surface area (Å²) in [5.41, 5.74) is 0.540. The molecular weight excluding hydrogens is 528 g/mol. The van der Waals surface area contributed by atoms with Crippen molar-refractivity contribution in [2.24, 2.45) is 5.92 Å². The quantitative estimate of drug-likeness (QED) is 0.190. The van der Waals surface area contributed by atoms with Gasteiger partial charge in [0.05, 0.1) is 9.82 Å². The normalized spacial score (nSPS) is 15.1. The molecule has 210 valence electrons. The summed E-state index contributed by atoms with van der Waals surface area (Å²) in [5, 5.41) is 11.2. The number of para-hydroxylation sites is 1. The first-order valence-electron chi connectivity index (χ1n) is 13.1. The van der Waals surface area contributed by atoms with Gasteiger partial charge in [-0.1, -0.05) is 49.1 Å². The van der Waals surface area contributed by atoms with E-state index >= 15 is 0 Å². The number of nitro benzene ring substituents is 1. The molecule has 1 saturated carbocycles. The van der Waals surface area contributed by atoms with Gasteiger partial charge >= 0.3 is 0 Å². The molecule has 2 aromatic carbocycles. The highest BCUT2D eigenvalue weighted by Crippen LogP contribution is 2.25. The van der Waals surface area contributed by atoms with Crippen molar-refractivity contribution in [3.63, 3.8) is 0 Å². The van der Waals surface area contributed by atoms with Crippen molar-refractivity contribution in [1.82, 2.24) is 14.3 Å². The Bertz CT molecular complexity index is 1260. The monoisotopic (exact) mass is 566 g/mol. The second-order valence-electron chi connectivity index (χ2n) is 9.85. The van der Waals surface area contributed by atoms with Gasteiger partial charge in [-0.3, -0.25) is 10.1 Å².